The van der Waals surface area contributed by atoms with Crippen LogP contribution in [0.15, 0.2) is 12.4 Å². The first-order valence-electron chi connectivity index (χ1n) is 7.51. The number of imidazole rings is 1. The molecule has 0 saturated heterocycles. The van der Waals surface area contributed by atoms with Crippen LogP contribution in [-0.4, -0.2) is 32.2 Å². The number of aliphatic carboxylic acids is 1. The van der Waals surface area contributed by atoms with Gasteiger partial charge in [0.1, 0.15) is 11.4 Å². The van der Waals surface area contributed by atoms with Crippen LogP contribution in [0.1, 0.15) is 58.3 Å². The molecule has 1 aromatic rings. The molecule has 2 N–H and O–H groups in total. The number of nitrogens with zero attached hydrogens (tertiary/aromatic N) is 2. The lowest BCUT2D eigenvalue weighted by molar-refractivity contribution is -0.145. The normalized spacial score (nSPS) is 26.3. The quantitative estimate of drug-likeness (QED) is 0.839. The second kappa shape index (κ2) is 5.95. The Morgan fingerprint density at radius 2 is 2.40 bits per heavy atom. The molecule has 0 bridgehead atoms. The van der Waals surface area contributed by atoms with Gasteiger partial charge in [-0.15, -0.1) is 0 Å². The fraction of sp³-hybridized carbons (Fsp3) is 0.733. The van der Waals surface area contributed by atoms with Gasteiger partial charge in [-0.25, -0.2) is 4.98 Å². The third kappa shape index (κ3) is 2.87. The lowest BCUT2D eigenvalue weighted by Crippen LogP contribution is -2.53. The number of hydrogen-bond donors (Lipinski definition) is 2. The lowest BCUT2D eigenvalue weighted by atomic mass is 9.96. The molecule has 5 heteroatoms. The maximum Gasteiger partial charge on any atom is 0.323 e. The van der Waals surface area contributed by atoms with Crippen LogP contribution in [0.3, 0.4) is 0 Å². The van der Waals surface area contributed by atoms with Gasteiger partial charge in [0.25, 0.3) is 0 Å². The standard InChI is InChI=1S/C15H25N3O2/c1-4-5-13-16-8-9-18(13)12-6-7-15(10-12,14(19)20)17-11(2)3/h8-9,11-12,17H,4-7,10H2,1-3H3,(H,19,20). The first kappa shape index (κ1) is 15.0. The number of aryl methyl sites for hydroxylation is 1. The fourth-order valence-corrected chi connectivity index (χ4v) is 3.29. The number of aromatic nitrogens is 2. The largest absolute Gasteiger partial charge is 0.480 e. The summed E-state index contributed by atoms with van der Waals surface area (Å²) in [6.45, 7) is 6.13. The molecule has 2 unspecified atom stereocenters. The Labute approximate surface area is 120 Å². The van der Waals surface area contributed by atoms with Crippen molar-refractivity contribution in [3.8, 4) is 0 Å². The average Bonchev–Trinajstić information content (AvgIpc) is 2.96. The van der Waals surface area contributed by atoms with E-state index in [-0.39, 0.29) is 12.1 Å². The molecule has 0 spiro atoms. The summed E-state index contributed by atoms with van der Waals surface area (Å²) in [5.74, 6) is 0.342. The van der Waals surface area contributed by atoms with Crippen LogP contribution in [0.2, 0.25) is 0 Å². The minimum atomic E-state index is -0.785. The van der Waals surface area contributed by atoms with Crippen LogP contribution < -0.4 is 5.32 Å². The summed E-state index contributed by atoms with van der Waals surface area (Å²) in [5, 5.41) is 12.9. The van der Waals surface area contributed by atoms with Crippen LogP contribution in [0.25, 0.3) is 0 Å². The van der Waals surface area contributed by atoms with Crippen LogP contribution >= 0.6 is 0 Å². The molecule has 0 radical (unpaired) electrons. The maximum absolute atomic E-state index is 11.7. The van der Waals surface area contributed by atoms with Crippen LogP contribution in [0.5, 0.6) is 0 Å². The Balaban J connectivity index is 2.17. The highest BCUT2D eigenvalue weighted by atomic mass is 16.4. The third-order valence-electron chi connectivity index (χ3n) is 4.08. The van der Waals surface area contributed by atoms with Crippen molar-refractivity contribution in [2.24, 2.45) is 0 Å². The van der Waals surface area contributed by atoms with Crippen molar-refractivity contribution in [2.75, 3.05) is 0 Å². The molecular weight excluding hydrogens is 254 g/mol. The molecule has 1 aliphatic carbocycles. The Morgan fingerprint density at radius 3 is 3.00 bits per heavy atom. The Bertz CT molecular complexity index is 469. The zero-order chi connectivity index (χ0) is 14.8. The number of carboxylic acids is 1. The third-order valence-corrected chi connectivity index (χ3v) is 4.08. The molecule has 1 heterocycles. The van der Waals surface area contributed by atoms with E-state index >= 15 is 0 Å². The summed E-state index contributed by atoms with van der Waals surface area (Å²) >= 11 is 0. The van der Waals surface area contributed by atoms with Crippen molar-refractivity contribution in [3.05, 3.63) is 18.2 Å². The SMILES string of the molecule is CCCc1nccn1C1CCC(NC(C)C)(C(=O)O)C1. The highest BCUT2D eigenvalue weighted by Crippen LogP contribution is 2.39. The smallest absolute Gasteiger partial charge is 0.323 e. The number of rotatable bonds is 6. The summed E-state index contributed by atoms with van der Waals surface area (Å²) in [7, 11) is 0. The molecule has 1 aliphatic rings. The van der Waals surface area contributed by atoms with Gasteiger partial charge < -0.3 is 9.67 Å². The molecule has 1 saturated carbocycles. The summed E-state index contributed by atoms with van der Waals surface area (Å²) in [6, 6.07) is 0.407. The van der Waals surface area contributed by atoms with Crippen LogP contribution in [-0.2, 0) is 11.2 Å². The highest BCUT2D eigenvalue weighted by molar-refractivity contribution is 5.79. The monoisotopic (exact) mass is 279 g/mol. The summed E-state index contributed by atoms with van der Waals surface area (Å²) in [5.41, 5.74) is -0.785. The molecule has 5 nitrogen and oxygen atoms in total. The topological polar surface area (TPSA) is 67.2 Å². The van der Waals surface area contributed by atoms with E-state index in [0.717, 1.165) is 25.1 Å². The van der Waals surface area contributed by atoms with Gasteiger partial charge in [0.15, 0.2) is 0 Å². The Kier molecular flexibility index (Phi) is 4.48. The molecule has 0 aliphatic heterocycles. The van der Waals surface area contributed by atoms with Crippen molar-refractivity contribution in [3.63, 3.8) is 0 Å². The van der Waals surface area contributed by atoms with Crippen molar-refractivity contribution >= 4 is 5.97 Å². The molecule has 1 fully saturated rings. The van der Waals surface area contributed by atoms with E-state index in [9.17, 15) is 9.90 Å². The van der Waals surface area contributed by atoms with E-state index in [1.807, 2.05) is 26.2 Å². The van der Waals surface area contributed by atoms with Gasteiger partial charge in [0.05, 0.1) is 0 Å². The Hall–Kier alpha value is -1.36. The minimum absolute atomic E-state index is 0.169. The molecule has 2 rings (SSSR count). The van der Waals surface area contributed by atoms with E-state index < -0.39 is 11.5 Å². The van der Waals surface area contributed by atoms with Gasteiger partial charge >= 0.3 is 5.97 Å². The van der Waals surface area contributed by atoms with Gasteiger partial charge in [-0.05, 0) is 39.5 Å². The van der Waals surface area contributed by atoms with Crippen molar-refractivity contribution in [1.82, 2.24) is 14.9 Å². The molecular formula is C15H25N3O2. The average molecular weight is 279 g/mol. The summed E-state index contributed by atoms with van der Waals surface area (Å²) < 4.78 is 2.18. The number of nitrogens with one attached hydrogen (secondary N) is 1. The molecule has 112 valence electrons. The van der Waals surface area contributed by atoms with Gasteiger partial charge in [-0.2, -0.15) is 0 Å². The number of hydrogen-bond acceptors (Lipinski definition) is 3. The second-order valence-corrected chi connectivity index (χ2v) is 6.08. The van der Waals surface area contributed by atoms with Crippen molar-refractivity contribution in [2.45, 2.75) is 70.5 Å². The molecule has 20 heavy (non-hydrogen) atoms. The number of carbonyl (C=O) groups is 1. The highest BCUT2D eigenvalue weighted by Gasteiger charge is 2.46. The van der Waals surface area contributed by atoms with Crippen molar-refractivity contribution in [1.29, 1.82) is 0 Å². The second-order valence-electron chi connectivity index (χ2n) is 6.08. The van der Waals surface area contributed by atoms with Crippen molar-refractivity contribution < 1.29 is 9.90 Å². The van der Waals surface area contributed by atoms with E-state index in [1.54, 1.807) is 0 Å². The molecule has 0 amide bonds. The maximum atomic E-state index is 11.7. The van der Waals surface area contributed by atoms with Gasteiger partial charge in [-0.3, -0.25) is 10.1 Å². The van der Waals surface area contributed by atoms with E-state index in [4.69, 9.17) is 0 Å². The number of carboxylic acid groups (broad SMARTS) is 1. The van der Waals surface area contributed by atoms with Crippen LogP contribution in [0, 0.1) is 0 Å². The van der Waals surface area contributed by atoms with Gasteiger partial charge in [0, 0.05) is 30.9 Å². The molecule has 2 atom stereocenters. The minimum Gasteiger partial charge on any atom is -0.480 e. The zero-order valence-electron chi connectivity index (χ0n) is 12.6. The van der Waals surface area contributed by atoms with Crippen LogP contribution in [0.4, 0.5) is 0 Å². The predicted molar refractivity (Wildman–Crippen MR) is 77.7 cm³/mol. The first-order valence-corrected chi connectivity index (χ1v) is 7.51. The van der Waals surface area contributed by atoms with E-state index in [2.05, 4.69) is 21.8 Å². The van der Waals surface area contributed by atoms with Gasteiger partial charge in [0.2, 0.25) is 0 Å². The van der Waals surface area contributed by atoms with Gasteiger partial charge in [-0.1, -0.05) is 6.92 Å². The van der Waals surface area contributed by atoms with E-state index in [0.29, 0.717) is 12.8 Å². The summed E-state index contributed by atoms with van der Waals surface area (Å²) in [4.78, 5) is 16.1. The fourth-order valence-electron chi connectivity index (χ4n) is 3.29. The lowest BCUT2D eigenvalue weighted by Gasteiger charge is -2.28. The predicted octanol–water partition coefficient (Wildman–Crippen LogP) is 2.38. The van der Waals surface area contributed by atoms with E-state index in [1.165, 1.54) is 0 Å². The molecule has 0 aromatic carbocycles. The Morgan fingerprint density at radius 1 is 1.65 bits per heavy atom. The zero-order valence-corrected chi connectivity index (χ0v) is 12.6. The summed E-state index contributed by atoms with van der Waals surface area (Å²) in [6.07, 6.45) is 8.01. The molecule has 1 aromatic heterocycles. The first-order chi connectivity index (χ1) is 9.48.